The zero-order valence-electron chi connectivity index (χ0n) is 33.3. The van der Waals surface area contributed by atoms with Crippen LogP contribution in [0.1, 0.15) is 72.3 Å². The molecular formula is C42H61N5O9. The van der Waals surface area contributed by atoms with Gasteiger partial charge in [-0.05, 0) is 62.3 Å². The van der Waals surface area contributed by atoms with Crippen LogP contribution < -0.4 is 21.4 Å². The van der Waals surface area contributed by atoms with E-state index in [1.54, 1.807) is 57.2 Å². The molecule has 1 aromatic carbocycles. The van der Waals surface area contributed by atoms with Gasteiger partial charge in [-0.25, -0.2) is 5.43 Å². The number of aliphatic hydroxyl groups is 2. The molecule has 0 radical (unpaired) electrons. The Morgan fingerprint density at radius 3 is 2.52 bits per heavy atom. The number of fused-ring (bicyclic) bond motifs is 2. The van der Waals surface area contributed by atoms with E-state index in [1.807, 2.05) is 13.0 Å². The number of carbonyl (C=O) groups excluding carboxylic acids is 5. The summed E-state index contributed by atoms with van der Waals surface area (Å²) in [4.78, 5) is 67.9. The first-order valence-electron chi connectivity index (χ1n) is 19.5. The zero-order valence-corrected chi connectivity index (χ0v) is 33.3. The number of hydrazine groups is 1. The zero-order chi connectivity index (χ0) is 41.4. The highest BCUT2D eigenvalue weighted by molar-refractivity contribution is 5.93. The number of Topliss-reactive ketones (excluding diaryl/α,β-unsaturated/α-hetero) is 1. The number of amides is 3. The highest BCUT2D eigenvalue weighted by atomic mass is 16.5. The lowest BCUT2D eigenvalue weighted by Crippen LogP contribution is -2.62. The van der Waals surface area contributed by atoms with Crippen molar-refractivity contribution < 1.29 is 44.0 Å². The predicted octanol–water partition coefficient (Wildman–Crippen LogP) is 2.55. The van der Waals surface area contributed by atoms with Crippen molar-refractivity contribution in [3.8, 4) is 5.75 Å². The summed E-state index contributed by atoms with van der Waals surface area (Å²) in [6.45, 7) is 13.3. The van der Waals surface area contributed by atoms with Crippen molar-refractivity contribution in [2.45, 2.75) is 110 Å². The number of aromatic hydroxyl groups is 1. The van der Waals surface area contributed by atoms with Crippen molar-refractivity contribution in [3.05, 3.63) is 78.4 Å². The topological polar surface area (TPSA) is 207 Å². The molecular weight excluding hydrogens is 718 g/mol. The van der Waals surface area contributed by atoms with E-state index in [4.69, 9.17) is 4.74 Å². The standard InChI is InChI=1S/C42H61N5O9/c1-7-21-43-22-20-27(4)36-17-10-8-9-16-35(50)29(6)38(51)32(19-18-28(5)48)39(52)45-37(26(2)3)40(53)44-34(25-30-13-11-14-31(49)24-30)41(54)47-23-12-15-33(46-47)42(55)56-36/h7-11,13-14,16,20,24,26,29,32-38,43,46,49-51H,1,12,15,17-19,21-23,25H2,2-6H3,(H,44,53)(H,45,52)/b10-8+,16-9+,27-20+/t29-,32+,33?,34-,35-,36-,37?,38+/m0/s1. The SMILES string of the molecule is C=CCNC/C=C(\C)[C@@H]1C/C=C/C=C/[C@H](O)[C@H](C)[C@@H](O)[C@@H](CCC(C)=O)C(=O)NC(C(C)C)C(=O)N[C@@H](Cc2cccc(O)c2)C(=O)N2CCCC(N2)C(=O)O1. The maximum Gasteiger partial charge on any atom is 0.325 e. The summed E-state index contributed by atoms with van der Waals surface area (Å²) in [7, 11) is 0. The number of allylic oxidation sites excluding steroid dienone is 2. The molecule has 3 amide bonds. The summed E-state index contributed by atoms with van der Waals surface area (Å²) in [6, 6.07) is 3.08. The van der Waals surface area contributed by atoms with Crippen molar-refractivity contribution in [2.24, 2.45) is 17.8 Å². The molecule has 2 heterocycles. The van der Waals surface area contributed by atoms with E-state index in [1.165, 1.54) is 30.1 Å². The molecule has 2 bridgehead atoms. The fourth-order valence-corrected chi connectivity index (χ4v) is 6.60. The number of carbonyl (C=O) groups is 5. The monoisotopic (exact) mass is 779 g/mol. The second-order valence-electron chi connectivity index (χ2n) is 15.0. The number of benzene rings is 1. The van der Waals surface area contributed by atoms with Crippen LogP contribution in [0.15, 0.2) is 72.9 Å². The Labute approximate surface area is 330 Å². The summed E-state index contributed by atoms with van der Waals surface area (Å²) in [6.07, 6.45) is 8.11. The fraction of sp³-hybridized carbons (Fsp3) is 0.548. The number of phenols is 1. The molecule has 0 aromatic heterocycles. The molecule has 3 rings (SSSR count). The number of esters is 1. The third-order valence-corrected chi connectivity index (χ3v) is 10.1. The van der Waals surface area contributed by atoms with Gasteiger partial charge >= 0.3 is 5.97 Å². The van der Waals surface area contributed by atoms with Gasteiger partial charge in [0.15, 0.2) is 0 Å². The van der Waals surface area contributed by atoms with Crippen molar-refractivity contribution in [2.75, 3.05) is 19.6 Å². The molecule has 14 nitrogen and oxygen atoms in total. The first-order valence-corrected chi connectivity index (χ1v) is 19.5. The lowest BCUT2D eigenvalue weighted by atomic mass is 9.84. The molecule has 2 aliphatic heterocycles. The maximum atomic E-state index is 14.3. The maximum absolute atomic E-state index is 14.3. The van der Waals surface area contributed by atoms with Crippen LogP contribution >= 0.6 is 0 Å². The summed E-state index contributed by atoms with van der Waals surface area (Å²) < 4.78 is 6.03. The van der Waals surface area contributed by atoms with E-state index in [-0.39, 0.29) is 37.3 Å². The van der Waals surface area contributed by atoms with Crippen LogP contribution in [-0.2, 0) is 35.1 Å². The molecule has 0 saturated carbocycles. The summed E-state index contributed by atoms with van der Waals surface area (Å²) in [5, 5.41) is 42.7. The number of ether oxygens (including phenoxy) is 1. The smallest absolute Gasteiger partial charge is 0.325 e. The summed E-state index contributed by atoms with van der Waals surface area (Å²) >= 11 is 0. The highest BCUT2D eigenvalue weighted by Gasteiger charge is 2.38. The van der Waals surface area contributed by atoms with Crippen LogP contribution in [0.4, 0.5) is 0 Å². The number of aliphatic hydroxyl groups excluding tert-OH is 2. The number of hydrogen-bond donors (Lipinski definition) is 7. The van der Waals surface area contributed by atoms with Gasteiger partial charge in [0.2, 0.25) is 11.8 Å². The largest absolute Gasteiger partial charge is 0.508 e. The molecule has 7 N–H and O–H groups in total. The third kappa shape index (κ3) is 14.1. The van der Waals surface area contributed by atoms with Gasteiger partial charge in [0.1, 0.15) is 35.8 Å². The predicted molar refractivity (Wildman–Crippen MR) is 213 cm³/mol. The van der Waals surface area contributed by atoms with Crippen LogP contribution in [-0.4, -0.2) is 106 Å². The lowest BCUT2D eigenvalue weighted by Gasteiger charge is -2.36. The number of rotatable bonds is 11. The average molecular weight is 780 g/mol. The number of nitrogens with zero attached hydrogens (tertiary/aromatic N) is 1. The van der Waals surface area contributed by atoms with Gasteiger partial charge in [0, 0.05) is 44.8 Å². The molecule has 1 fully saturated rings. The minimum Gasteiger partial charge on any atom is -0.508 e. The van der Waals surface area contributed by atoms with Gasteiger partial charge in [-0.1, -0.05) is 69.4 Å². The Morgan fingerprint density at radius 1 is 1.09 bits per heavy atom. The van der Waals surface area contributed by atoms with Gasteiger partial charge in [0.25, 0.3) is 5.91 Å². The van der Waals surface area contributed by atoms with Crippen molar-refractivity contribution in [3.63, 3.8) is 0 Å². The molecule has 1 aromatic rings. The van der Waals surface area contributed by atoms with E-state index in [2.05, 4.69) is 28.0 Å². The van der Waals surface area contributed by atoms with Crippen molar-refractivity contribution >= 4 is 29.5 Å². The summed E-state index contributed by atoms with van der Waals surface area (Å²) in [5.74, 6) is -5.13. The third-order valence-electron chi connectivity index (χ3n) is 10.1. The first-order chi connectivity index (χ1) is 26.6. The molecule has 308 valence electrons. The molecule has 1 saturated heterocycles. The number of cyclic esters (lactones) is 1. The van der Waals surface area contributed by atoms with Gasteiger partial charge in [-0.3, -0.25) is 24.2 Å². The first kappa shape index (κ1) is 45.8. The normalized spacial score (nSPS) is 28.9. The van der Waals surface area contributed by atoms with Gasteiger partial charge in [-0.2, -0.15) is 0 Å². The Balaban J connectivity index is 2.06. The van der Waals surface area contributed by atoms with Crippen LogP contribution in [0.5, 0.6) is 5.75 Å². The molecule has 0 aliphatic carbocycles. The van der Waals surface area contributed by atoms with Gasteiger partial charge in [-0.15, -0.1) is 6.58 Å². The quantitative estimate of drug-likeness (QED) is 0.0988. The molecule has 2 unspecified atom stereocenters. The highest BCUT2D eigenvalue weighted by Crippen LogP contribution is 2.24. The van der Waals surface area contributed by atoms with Crippen molar-refractivity contribution in [1.29, 1.82) is 0 Å². The Kier molecular flexibility index (Phi) is 18.6. The van der Waals surface area contributed by atoms with Crippen molar-refractivity contribution in [1.82, 2.24) is 26.4 Å². The second kappa shape index (κ2) is 22.8. The average Bonchev–Trinajstić information content (AvgIpc) is 3.16. The van der Waals surface area contributed by atoms with Gasteiger partial charge < -0.3 is 40.8 Å². The van der Waals surface area contributed by atoms with E-state index >= 15 is 0 Å². The minimum atomic E-state index is -1.39. The molecule has 8 atom stereocenters. The fourth-order valence-electron chi connectivity index (χ4n) is 6.60. The van der Waals surface area contributed by atoms with E-state index < -0.39 is 77.9 Å². The van der Waals surface area contributed by atoms with E-state index in [9.17, 15) is 39.3 Å². The minimum absolute atomic E-state index is 0.0106. The lowest BCUT2D eigenvalue weighted by molar-refractivity contribution is -0.156. The van der Waals surface area contributed by atoms with Crippen LogP contribution in [0.2, 0.25) is 0 Å². The van der Waals surface area contributed by atoms with Crippen LogP contribution in [0, 0.1) is 17.8 Å². The van der Waals surface area contributed by atoms with Crippen LogP contribution in [0.3, 0.4) is 0 Å². The Hall–Kier alpha value is -4.63. The molecule has 2 aliphatic rings. The summed E-state index contributed by atoms with van der Waals surface area (Å²) in [5.41, 5.74) is 4.37. The second-order valence-corrected chi connectivity index (χ2v) is 15.0. The Morgan fingerprint density at radius 2 is 1.84 bits per heavy atom. The molecule has 14 heteroatoms. The van der Waals surface area contributed by atoms with Gasteiger partial charge in [0.05, 0.1) is 18.1 Å². The number of ketones is 1. The number of phenolic OH excluding ortho intramolecular Hbond substituents is 1. The van der Waals surface area contributed by atoms with E-state index in [0.29, 0.717) is 37.9 Å². The molecule has 56 heavy (non-hydrogen) atoms. The van der Waals surface area contributed by atoms with E-state index in [0.717, 1.165) is 5.57 Å². The van der Waals surface area contributed by atoms with Crippen LogP contribution in [0.25, 0.3) is 0 Å². The number of hydrogen-bond acceptors (Lipinski definition) is 11. The number of nitrogens with one attached hydrogen (secondary N) is 4. The Bertz CT molecular complexity index is 1610. The molecule has 0 spiro atoms.